The largest absolute Gasteiger partial charge is 0.467 e. The predicted octanol–water partition coefficient (Wildman–Crippen LogP) is 3.35. The highest BCUT2D eigenvalue weighted by Crippen LogP contribution is 2.39. The molecule has 30 heavy (non-hydrogen) atoms. The van der Waals surface area contributed by atoms with Gasteiger partial charge in [-0.15, -0.1) is 0 Å². The van der Waals surface area contributed by atoms with Crippen LogP contribution in [0.4, 0.5) is 13.2 Å². The average Bonchev–Trinajstić information content (AvgIpc) is 3.46. The first-order valence-electron chi connectivity index (χ1n) is 8.74. The second-order valence-corrected chi connectivity index (χ2v) is 6.41. The number of halogens is 3. The lowest BCUT2D eigenvalue weighted by atomic mass is 10.1. The molecule has 0 aliphatic carbocycles. The van der Waals surface area contributed by atoms with E-state index < -0.39 is 23.7 Å². The smallest absolute Gasteiger partial charge is 0.442 e. The van der Waals surface area contributed by atoms with Crippen LogP contribution in [0.15, 0.2) is 81.0 Å². The lowest BCUT2D eigenvalue weighted by Gasteiger charge is -2.28. The molecule has 2 aromatic heterocycles. The first kappa shape index (κ1) is 19.5. The summed E-state index contributed by atoms with van der Waals surface area (Å²) in [6.07, 6.45) is -2.75. The normalized spacial score (nSPS) is 19.1. The maximum Gasteiger partial charge on any atom is 0.442 e. The van der Waals surface area contributed by atoms with E-state index in [0.29, 0.717) is 0 Å². The molecule has 3 aromatic rings. The summed E-state index contributed by atoms with van der Waals surface area (Å²) < 4.78 is 52.6. The lowest BCUT2D eigenvalue weighted by molar-refractivity contribution is -0.196. The van der Waals surface area contributed by atoms with Crippen molar-refractivity contribution >= 4 is 17.6 Å². The van der Waals surface area contributed by atoms with Crippen LogP contribution in [-0.4, -0.2) is 34.4 Å². The Morgan fingerprint density at radius 3 is 2.33 bits per heavy atom. The number of rotatable bonds is 5. The highest BCUT2D eigenvalue weighted by molar-refractivity contribution is 6.16. The second-order valence-electron chi connectivity index (χ2n) is 6.41. The number of carbonyl (C=O) groups excluding carboxylic acids is 2. The molecule has 0 saturated carbocycles. The van der Waals surface area contributed by atoms with Gasteiger partial charge in [0.1, 0.15) is 11.6 Å². The van der Waals surface area contributed by atoms with E-state index in [4.69, 9.17) is 8.83 Å². The average molecular weight is 417 g/mol. The van der Waals surface area contributed by atoms with E-state index in [-0.39, 0.29) is 29.5 Å². The Labute approximate surface area is 167 Å². The number of benzene rings is 1. The third kappa shape index (κ3) is 3.25. The SMILES string of the molecule is O=C(N[C@@]1(C(F)(F)F)N=C(c2ccccc2)N(Cc2ccco2)C1=O)c1ccco1. The number of aliphatic imine (C=N–C) groups is 1. The monoisotopic (exact) mass is 417 g/mol. The van der Waals surface area contributed by atoms with Crippen molar-refractivity contribution in [2.75, 3.05) is 0 Å². The van der Waals surface area contributed by atoms with E-state index in [1.165, 1.54) is 36.6 Å². The van der Waals surface area contributed by atoms with Crippen molar-refractivity contribution in [2.24, 2.45) is 4.99 Å². The van der Waals surface area contributed by atoms with Crippen LogP contribution in [0.1, 0.15) is 21.9 Å². The van der Waals surface area contributed by atoms with Gasteiger partial charge in [0.25, 0.3) is 11.8 Å². The third-order valence-electron chi connectivity index (χ3n) is 4.46. The number of hydrogen-bond donors (Lipinski definition) is 1. The number of hydrogen-bond acceptors (Lipinski definition) is 5. The maximum absolute atomic E-state index is 14.2. The van der Waals surface area contributed by atoms with Crippen LogP contribution >= 0.6 is 0 Å². The number of amidine groups is 1. The minimum absolute atomic E-state index is 0.242. The highest BCUT2D eigenvalue weighted by atomic mass is 19.4. The van der Waals surface area contributed by atoms with Gasteiger partial charge < -0.3 is 14.2 Å². The minimum Gasteiger partial charge on any atom is -0.467 e. The molecule has 0 unspecified atom stereocenters. The maximum atomic E-state index is 14.2. The van der Waals surface area contributed by atoms with Crippen molar-refractivity contribution in [1.82, 2.24) is 10.2 Å². The molecule has 3 heterocycles. The van der Waals surface area contributed by atoms with Gasteiger partial charge in [-0.25, -0.2) is 4.99 Å². The Balaban J connectivity index is 1.81. The van der Waals surface area contributed by atoms with Gasteiger partial charge in [0.05, 0.1) is 19.1 Å². The van der Waals surface area contributed by atoms with Crippen LogP contribution in [0.5, 0.6) is 0 Å². The van der Waals surface area contributed by atoms with Crippen molar-refractivity contribution in [2.45, 2.75) is 18.4 Å². The van der Waals surface area contributed by atoms with Gasteiger partial charge in [-0.1, -0.05) is 30.3 Å². The minimum atomic E-state index is -5.22. The summed E-state index contributed by atoms with van der Waals surface area (Å²) in [6.45, 7) is -0.298. The first-order chi connectivity index (χ1) is 14.3. The summed E-state index contributed by atoms with van der Waals surface area (Å²) in [6, 6.07) is 13.5. The van der Waals surface area contributed by atoms with Gasteiger partial charge in [-0.2, -0.15) is 13.2 Å². The quantitative estimate of drug-likeness (QED) is 0.690. The van der Waals surface area contributed by atoms with Gasteiger partial charge in [-0.05, 0) is 24.3 Å². The molecule has 1 aromatic carbocycles. The second kappa shape index (κ2) is 7.21. The van der Waals surface area contributed by atoms with Gasteiger partial charge in [0.2, 0.25) is 0 Å². The number of furan rings is 2. The summed E-state index contributed by atoms with van der Waals surface area (Å²) in [4.78, 5) is 30.0. The Morgan fingerprint density at radius 2 is 1.73 bits per heavy atom. The van der Waals surface area contributed by atoms with Crippen LogP contribution in [-0.2, 0) is 11.3 Å². The van der Waals surface area contributed by atoms with Crippen LogP contribution in [0.3, 0.4) is 0 Å². The Kier molecular flexibility index (Phi) is 4.69. The zero-order valence-corrected chi connectivity index (χ0v) is 15.2. The van der Waals surface area contributed by atoms with Gasteiger partial charge in [-0.3, -0.25) is 14.5 Å². The van der Waals surface area contributed by atoms with Crippen LogP contribution in [0, 0.1) is 0 Å². The number of nitrogens with zero attached hydrogens (tertiary/aromatic N) is 2. The molecule has 1 atom stereocenters. The van der Waals surface area contributed by atoms with E-state index in [0.717, 1.165) is 11.2 Å². The van der Waals surface area contributed by atoms with Gasteiger partial charge in [0, 0.05) is 5.56 Å². The molecule has 1 aliphatic heterocycles. The fraction of sp³-hybridized carbons (Fsp3) is 0.150. The molecule has 0 spiro atoms. The van der Waals surface area contributed by atoms with Crippen LogP contribution < -0.4 is 5.32 Å². The number of amides is 2. The number of alkyl halides is 3. The molecule has 10 heteroatoms. The van der Waals surface area contributed by atoms with E-state index in [2.05, 4.69) is 4.99 Å². The van der Waals surface area contributed by atoms with Crippen molar-refractivity contribution in [3.8, 4) is 0 Å². The Bertz CT molecular complexity index is 1080. The molecule has 1 aliphatic rings. The van der Waals surface area contributed by atoms with Crippen LogP contribution in [0.2, 0.25) is 0 Å². The molecule has 154 valence electrons. The van der Waals surface area contributed by atoms with Crippen molar-refractivity contribution in [3.63, 3.8) is 0 Å². The molecule has 2 amide bonds. The number of nitrogens with one attached hydrogen (secondary N) is 1. The summed E-state index contributed by atoms with van der Waals surface area (Å²) in [5, 5.41) is 1.73. The Morgan fingerprint density at radius 1 is 1.03 bits per heavy atom. The molecule has 4 rings (SSSR count). The summed E-state index contributed by atoms with van der Waals surface area (Å²) in [5.41, 5.74) is -3.23. The third-order valence-corrected chi connectivity index (χ3v) is 4.46. The molecular weight excluding hydrogens is 403 g/mol. The molecule has 0 fully saturated rings. The van der Waals surface area contributed by atoms with Crippen molar-refractivity contribution in [1.29, 1.82) is 0 Å². The molecule has 0 radical (unpaired) electrons. The van der Waals surface area contributed by atoms with Crippen molar-refractivity contribution in [3.05, 3.63) is 84.2 Å². The van der Waals surface area contributed by atoms with Gasteiger partial charge >= 0.3 is 11.8 Å². The first-order valence-corrected chi connectivity index (χ1v) is 8.74. The molecular formula is C20H14F3N3O4. The van der Waals surface area contributed by atoms with E-state index in [1.807, 2.05) is 0 Å². The van der Waals surface area contributed by atoms with Crippen LogP contribution in [0.25, 0.3) is 0 Å². The highest BCUT2D eigenvalue weighted by Gasteiger charge is 2.67. The summed E-state index contributed by atoms with van der Waals surface area (Å²) in [7, 11) is 0. The lowest BCUT2D eigenvalue weighted by Crippen LogP contribution is -2.63. The number of carbonyl (C=O) groups is 2. The van der Waals surface area contributed by atoms with Crippen molar-refractivity contribution < 1.29 is 31.6 Å². The van der Waals surface area contributed by atoms with E-state index in [9.17, 15) is 22.8 Å². The fourth-order valence-corrected chi connectivity index (χ4v) is 3.04. The summed E-state index contributed by atoms with van der Waals surface area (Å²) >= 11 is 0. The Hall–Kier alpha value is -3.82. The fourth-order valence-electron chi connectivity index (χ4n) is 3.04. The van der Waals surface area contributed by atoms with Gasteiger partial charge in [0.15, 0.2) is 5.76 Å². The predicted molar refractivity (Wildman–Crippen MR) is 97.2 cm³/mol. The molecule has 0 bridgehead atoms. The van der Waals surface area contributed by atoms with E-state index in [1.54, 1.807) is 29.6 Å². The standard InChI is InChI=1S/C20H14F3N3O4/c21-20(22,23)19(25-17(27)15-9-5-11-30-15)18(28)26(12-14-8-4-10-29-14)16(24-19)13-6-2-1-3-7-13/h1-11H,12H2,(H,25,27)/t19-/m0/s1. The molecule has 1 N–H and O–H groups in total. The zero-order chi connectivity index (χ0) is 21.4. The topological polar surface area (TPSA) is 88.0 Å². The molecule has 7 nitrogen and oxygen atoms in total. The summed E-state index contributed by atoms with van der Waals surface area (Å²) in [5.74, 6) is -3.05. The van der Waals surface area contributed by atoms with E-state index >= 15 is 0 Å². The molecule has 0 saturated heterocycles. The zero-order valence-electron chi connectivity index (χ0n) is 15.2.